The predicted octanol–water partition coefficient (Wildman–Crippen LogP) is 4.72. The van der Waals surface area contributed by atoms with Crippen molar-refractivity contribution < 1.29 is 27.1 Å². The molecule has 21 heavy (non-hydrogen) atoms. The summed E-state index contributed by atoms with van der Waals surface area (Å²) < 4.78 is 63.4. The maximum Gasteiger partial charge on any atom is 0.416 e. The second-order valence-electron chi connectivity index (χ2n) is 4.31. The molecule has 112 valence electrons. The molecule has 0 aliphatic rings. The van der Waals surface area contributed by atoms with Crippen LogP contribution < -0.4 is 0 Å². The molecule has 0 spiro atoms. The number of hydrogen-bond donors (Lipinski definition) is 1. The van der Waals surface area contributed by atoms with Crippen molar-refractivity contribution in [2.45, 2.75) is 12.3 Å². The van der Waals surface area contributed by atoms with Gasteiger partial charge in [0.2, 0.25) is 0 Å². The average molecular weight is 323 g/mol. The summed E-state index contributed by atoms with van der Waals surface area (Å²) in [6, 6.07) is 5.06. The fourth-order valence-corrected chi connectivity index (χ4v) is 2.04. The Labute approximate surface area is 121 Å². The second-order valence-corrected chi connectivity index (χ2v) is 4.72. The largest absolute Gasteiger partial charge is 0.416 e. The zero-order chi connectivity index (χ0) is 15.8. The highest BCUT2D eigenvalue weighted by Gasteiger charge is 2.30. The third-order valence-corrected chi connectivity index (χ3v) is 3.22. The monoisotopic (exact) mass is 322 g/mol. The molecular weight excluding hydrogens is 315 g/mol. The zero-order valence-corrected chi connectivity index (χ0v) is 11.0. The van der Waals surface area contributed by atoms with Crippen molar-refractivity contribution in [2.75, 3.05) is 0 Å². The van der Waals surface area contributed by atoms with Crippen LogP contribution in [0.4, 0.5) is 22.0 Å². The standard InChI is InChI=1S/C14H8ClF5O/c15-10-6-12(17)11(16)5-9(10)13(21)7-1-3-8(4-2-7)14(18,19)20/h1-6,13,21H. The Kier molecular flexibility index (Phi) is 4.20. The molecule has 0 heterocycles. The van der Waals surface area contributed by atoms with Gasteiger partial charge in [-0.05, 0) is 29.8 Å². The minimum Gasteiger partial charge on any atom is -0.384 e. The predicted molar refractivity (Wildman–Crippen MR) is 66.9 cm³/mol. The van der Waals surface area contributed by atoms with Gasteiger partial charge in [-0.3, -0.25) is 0 Å². The maximum atomic E-state index is 13.2. The van der Waals surface area contributed by atoms with E-state index >= 15 is 0 Å². The van der Waals surface area contributed by atoms with Crippen molar-refractivity contribution in [3.05, 3.63) is 69.7 Å². The average Bonchev–Trinajstić information content (AvgIpc) is 2.41. The van der Waals surface area contributed by atoms with E-state index in [4.69, 9.17) is 11.6 Å². The van der Waals surface area contributed by atoms with Crippen LogP contribution in [0.15, 0.2) is 36.4 Å². The van der Waals surface area contributed by atoms with Crippen molar-refractivity contribution in [3.63, 3.8) is 0 Å². The van der Waals surface area contributed by atoms with Gasteiger partial charge in [-0.1, -0.05) is 23.7 Å². The number of aliphatic hydroxyl groups excluding tert-OH is 1. The molecule has 0 radical (unpaired) electrons. The number of alkyl halides is 3. The topological polar surface area (TPSA) is 20.2 Å². The fourth-order valence-electron chi connectivity index (χ4n) is 1.78. The summed E-state index contributed by atoms with van der Waals surface area (Å²) in [5, 5.41) is 9.81. The first kappa shape index (κ1) is 15.7. The lowest BCUT2D eigenvalue weighted by Gasteiger charge is -2.15. The van der Waals surface area contributed by atoms with Crippen LogP contribution in [0.25, 0.3) is 0 Å². The van der Waals surface area contributed by atoms with E-state index in [2.05, 4.69) is 0 Å². The number of halogens is 6. The summed E-state index contributed by atoms with van der Waals surface area (Å²) in [6.45, 7) is 0. The Balaban J connectivity index is 2.36. The summed E-state index contributed by atoms with van der Waals surface area (Å²) in [5.41, 5.74) is -0.930. The third kappa shape index (κ3) is 3.33. The van der Waals surface area contributed by atoms with Crippen LogP contribution in [-0.4, -0.2) is 5.11 Å². The van der Waals surface area contributed by atoms with Crippen molar-refractivity contribution in [2.24, 2.45) is 0 Å². The van der Waals surface area contributed by atoms with E-state index in [1.807, 2.05) is 0 Å². The Morgan fingerprint density at radius 2 is 1.48 bits per heavy atom. The molecule has 1 atom stereocenters. The zero-order valence-electron chi connectivity index (χ0n) is 10.3. The SMILES string of the molecule is OC(c1ccc(C(F)(F)F)cc1)c1cc(F)c(F)cc1Cl. The Bertz CT molecular complexity index is 652. The molecular formula is C14H8ClF5O. The number of hydrogen-bond acceptors (Lipinski definition) is 1. The molecule has 0 saturated heterocycles. The van der Waals surface area contributed by atoms with E-state index in [0.717, 1.165) is 24.3 Å². The molecule has 0 bridgehead atoms. The van der Waals surface area contributed by atoms with Gasteiger partial charge in [-0.2, -0.15) is 13.2 Å². The molecule has 2 rings (SSSR count). The van der Waals surface area contributed by atoms with E-state index in [-0.39, 0.29) is 16.1 Å². The smallest absolute Gasteiger partial charge is 0.384 e. The van der Waals surface area contributed by atoms with E-state index in [9.17, 15) is 27.1 Å². The molecule has 2 aromatic rings. The van der Waals surface area contributed by atoms with Gasteiger partial charge in [0.1, 0.15) is 6.10 Å². The summed E-state index contributed by atoms with van der Waals surface area (Å²) in [7, 11) is 0. The van der Waals surface area contributed by atoms with Gasteiger partial charge in [0.05, 0.1) is 5.56 Å². The van der Waals surface area contributed by atoms with Crippen LogP contribution in [0.1, 0.15) is 22.8 Å². The van der Waals surface area contributed by atoms with Gasteiger partial charge in [0.25, 0.3) is 0 Å². The first-order valence-electron chi connectivity index (χ1n) is 5.70. The summed E-state index contributed by atoms with van der Waals surface area (Å²) in [4.78, 5) is 0. The number of benzene rings is 2. The van der Waals surface area contributed by atoms with Crippen LogP contribution in [0.5, 0.6) is 0 Å². The van der Waals surface area contributed by atoms with E-state index in [1.165, 1.54) is 0 Å². The minimum absolute atomic E-state index is 0.0795. The molecule has 7 heteroatoms. The molecule has 1 unspecified atom stereocenters. The highest BCUT2D eigenvalue weighted by atomic mass is 35.5. The van der Waals surface area contributed by atoms with Crippen molar-refractivity contribution in [1.29, 1.82) is 0 Å². The van der Waals surface area contributed by atoms with Crippen LogP contribution in [0, 0.1) is 11.6 Å². The van der Waals surface area contributed by atoms with E-state index < -0.39 is 29.5 Å². The highest BCUT2D eigenvalue weighted by Crippen LogP contribution is 2.33. The maximum absolute atomic E-state index is 13.2. The van der Waals surface area contributed by atoms with Gasteiger partial charge in [0.15, 0.2) is 11.6 Å². The molecule has 1 N–H and O–H groups in total. The molecule has 0 fully saturated rings. The Hall–Kier alpha value is -1.66. The van der Waals surface area contributed by atoms with Crippen molar-refractivity contribution in [1.82, 2.24) is 0 Å². The fraction of sp³-hybridized carbons (Fsp3) is 0.143. The quantitative estimate of drug-likeness (QED) is 0.626. The van der Waals surface area contributed by atoms with Crippen molar-refractivity contribution in [3.8, 4) is 0 Å². The van der Waals surface area contributed by atoms with Gasteiger partial charge in [-0.25, -0.2) is 8.78 Å². The van der Waals surface area contributed by atoms with Gasteiger partial charge in [-0.15, -0.1) is 0 Å². The number of aliphatic hydroxyl groups is 1. The molecule has 0 aliphatic carbocycles. The normalized spacial score (nSPS) is 13.3. The van der Waals surface area contributed by atoms with Crippen LogP contribution in [0.3, 0.4) is 0 Å². The summed E-state index contributed by atoms with van der Waals surface area (Å²) in [5.74, 6) is -2.39. The highest BCUT2D eigenvalue weighted by molar-refractivity contribution is 6.31. The third-order valence-electron chi connectivity index (χ3n) is 2.89. The lowest BCUT2D eigenvalue weighted by molar-refractivity contribution is -0.137. The van der Waals surface area contributed by atoms with E-state index in [1.54, 1.807) is 0 Å². The lowest BCUT2D eigenvalue weighted by Crippen LogP contribution is -2.06. The van der Waals surface area contributed by atoms with E-state index in [0.29, 0.717) is 12.1 Å². The van der Waals surface area contributed by atoms with Crippen molar-refractivity contribution >= 4 is 11.6 Å². The molecule has 0 aliphatic heterocycles. The summed E-state index contributed by atoms with van der Waals surface area (Å²) >= 11 is 5.70. The first-order chi connectivity index (χ1) is 9.70. The lowest BCUT2D eigenvalue weighted by atomic mass is 10.00. The summed E-state index contributed by atoms with van der Waals surface area (Å²) in [6.07, 6.45) is -5.96. The molecule has 0 aromatic heterocycles. The molecule has 2 aromatic carbocycles. The van der Waals surface area contributed by atoms with Crippen LogP contribution in [0.2, 0.25) is 5.02 Å². The molecule has 0 saturated carbocycles. The van der Waals surface area contributed by atoms with Gasteiger partial charge < -0.3 is 5.11 Å². The van der Waals surface area contributed by atoms with Crippen LogP contribution >= 0.6 is 11.6 Å². The van der Waals surface area contributed by atoms with Gasteiger partial charge >= 0.3 is 6.18 Å². The van der Waals surface area contributed by atoms with Gasteiger partial charge in [0, 0.05) is 10.6 Å². The number of rotatable bonds is 2. The minimum atomic E-state index is -4.50. The first-order valence-corrected chi connectivity index (χ1v) is 6.07. The second kappa shape index (κ2) is 5.61. The Morgan fingerprint density at radius 1 is 0.952 bits per heavy atom. The Morgan fingerprint density at radius 3 is 2.00 bits per heavy atom. The molecule has 1 nitrogen and oxygen atoms in total. The molecule has 0 amide bonds. The van der Waals surface area contributed by atoms with Crippen LogP contribution in [-0.2, 0) is 6.18 Å².